The van der Waals surface area contributed by atoms with Crippen molar-refractivity contribution in [2.24, 2.45) is 18.7 Å². The molecule has 0 saturated carbocycles. The molecule has 0 radical (unpaired) electrons. The van der Waals surface area contributed by atoms with Gasteiger partial charge in [0.15, 0.2) is 0 Å². The number of nitrogens with zero attached hydrogens (tertiary/aromatic N) is 4. The third-order valence-corrected chi connectivity index (χ3v) is 8.59. The lowest BCUT2D eigenvalue weighted by Gasteiger charge is -2.30. The zero-order valence-corrected chi connectivity index (χ0v) is 24.0. The quantitative estimate of drug-likeness (QED) is 0.347. The van der Waals surface area contributed by atoms with Gasteiger partial charge >= 0.3 is 5.97 Å². The van der Waals surface area contributed by atoms with Crippen molar-refractivity contribution < 1.29 is 19.4 Å². The number of carboxylic acid groups (broad SMARTS) is 1. The maximum Gasteiger partial charge on any atom is 0.308 e. The standard InChI is InChI=1S/C32H41N5O4/c1-3-4-14-37(25-7-5-6-22(17-25)19-33)30(38)21-36-20-26(23-8-10-28-24(18-23)12-16-41-28)31(32(39)40)27(36)9-11-29-34-13-15-35(29)2/h5-8,10,13,15,17-18,26-27,31H,3-4,9,11-12,14,16,19-21,33H2,1-2H3,(H,39,40). The van der Waals surface area contributed by atoms with E-state index in [4.69, 9.17) is 10.5 Å². The molecule has 3 atom stereocenters. The Kier molecular flexibility index (Phi) is 9.05. The van der Waals surface area contributed by atoms with Gasteiger partial charge < -0.3 is 25.0 Å². The van der Waals surface area contributed by atoms with Gasteiger partial charge in [-0.05, 0) is 47.7 Å². The molecule has 3 aromatic rings. The molecule has 2 aliphatic rings. The highest BCUT2D eigenvalue weighted by molar-refractivity contribution is 5.95. The summed E-state index contributed by atoms with van der Waals surface area (Å²) in [7, 11) is 1.95. The Morgan fingerprint density at radius 2 is 2.07 bits per heavy atom. The first-order chi connectivity index (χ1) is 19.9. The average molecular weight is 560 g/mol. The van der Waals surface area contributed by atoms with Gasteiger partial charge in [0.2, 0.25) is 5.91 Å². The summed E-state index contributed by atoms with van der Waals surface area (Å²) in [5.41, 5.74) is 9.82. The Morgan fingerprint density at radius 1 is 1.22 bits per heavy atom. The van der Waals surface area contributed by atoms with Crippen LogP contribution in [0.25, 0.3) is 0 Å². The molecule has 0 bridgehead atoms. The molecule has 1 fully saturated rings. The van der Waals surface area contributed by atoms with E-state index < -0.39 is 11.9 Å². The Bertz CT molecular complexity index is 1370. The lowest BCUT2D eigenvalue weighted by atomic mass is 9.83. The van der Waals surface area contributed by atoms with Gasteiger partial charge in [-0.1, -0.05) is 37.6 Å². The van der Waals surface area contributed by atoms with Crippen LogP contribution in [0, 0.1) is 5.92 Å². The number of amides is 1. The van der Waals surface area contributed by atoms with E-state index in [-0.39, 0.29) is 24.4 Å². The fraction of sp³-hybridized carbons (Fsp3) is 0.469. The van der Waals surface area contributed by atoms with Crippen LogP contribution in [0.2, 0.25) is 0 Å². The number of benzene rings is 2. The van der Waals surface area contributed by atoms with Crippen LogP contribution < -0.4 is 15.4 Å². The van der Waals surface area contributed by atoms with E-state index in [2.05, 4.69) is 22.9 Å². The van der Waals surface area contributed by atoms with Crippen LogP contribution in [0.5, 0.6) is 5.75 Å². The number of rotatable bonds is 12. The second-order valence-electron chi connectivity index (χ2n) is 11.2. The van der Waals surface area contributed by atoms with Crippen molar-refractivity contribution in [2.75, 3.05) is 31.1 Å². The van der Waals surface area contributed by atoms with Crippen LogP contribution >= 0.6 is 0 Å². The molecule has 0 spiro atoms. The number of hydrogen-bond acceptors (Lipinski definition) is 6. The molecule has 218 valence electrons. The van der Waals surface area contributed by atoms with Crippen LogP contribution in [-0.2, 0) is 36.0 Å². The first-order valence-electron chi connectivity index (χ1n) is 14.7. The topological polar surface area (TPSA) is 114 Å². The van der Waals surface area contributed by atoms with Gasteiger partial charge in [-0.2, -0.15) is 0 Å². The molecule has 1 aromatic heterocycles. The lowest BCUT2D eigenvalue weighted by Crippen LogP contribution is -2.44. The van der Waals surface area contributed by atoms with E-state index in [1.165, 1.54) is 0 Å². The third-order valence-electron chi connectivity index (χ3n) is 8.59. The summed E-state index contributed by atoms with van der Waals surface area (Å²) in [6, 6.07) is 13.6. The molecule has 3 N–H and O–H groups in total. The number of hydrogen-bond donors (Lipinski definition) is 2. The maximum atomic E-state index is 14.0. The van der Waals surface area contributed by atoms with Crippen molar-refractivity contribution in [1.29, 1.82) is 0 Å². The zero-order chi connectivity index (χ0) is 28.9. The van der Waals surface area contributed by atoms with Crippen LogP contribution in [0.3, 0.4) is 0 Å². The van der Waals surface area contributed by atoms with Gasteiger partial charge in [0.1, 0.15) is 11.6 Å². The maximum absolute atomic E-state index is 14.0. The molecular weight excluding hydrogens is 518 g/mol. The van der Waals surface area contributed by atoms with Crippen LogP contribution in [0.1, 0.15) is 54.6 Å². The summed E-state index contributed by atoms with van der Waals surface area (Å²) < 4.78 is 7.67. The number of carbonyl (C=O) groups excluding carboxylic acids is 1. The Labute approximate surface area is 241 Å². The highest BCUT2D eigenvalue weighted by Crippen LogP contribution is 2.41. The van der Waals surface area contributed by atoms with Crippen molar-refractivity contribution in [3.05, 3.63) is 77.4 Å². The van der Waals surface area contributed by atoms with Crippen molar-refractivity contribution in [2.45, 2.75) is 57.5 Å². The molecule has 9 heteroatoms. The number of likely N-dealkylation sites (tertiary alicyclic amines) is 1. The highest BCUT2D eigenvalue weighted by atomic mass is 16.5. The number of aryl methyl sites for hydroxylation is 2. The minimum absolute atomic E-state index is 0.0262. The Morgan fingerprint density at radius 3 is 2.80 bits per heavy atom. The number of unbranched alkanes of at least 4 members (excludes halogenated alkanes) is 1. The summed E-state index contributed by atoms with van der Waals surface area (Å²) >= 11 is 0. The monoisotopic (exact) mass is 559 g/mol. The van der Waals surface area contributed by atoms with Gasteiger partial charge in [0.25, 0.3) is 0 Å². The van der Waals surface area contributed by atoms with E-state index in [9.17, 15) is 14.7 Å². The number of aliphatic carboxylic acids is 1. The second kappa shape index (κ2) is 12.9. The summed E-state index contributed by atoms with van der Waals surface area (Å²) in [6.45, 7) is 4.41. The van der Waals surface area contributed by atoms with Crippen LogP contribution in [0.4, 0.5) is 5.69 Å². The first kappa shape index (κ1) is 28.8. The number of aromatic nitrogens is 2. The number of anilines is 1. The van der Waals surface area contributed by atoms with Gasteiger partial charge in [0.05, 0.1) is 19.1 Å². The van der Waals surface area contributed by atoms with E-state index in [0.29, 0.717) is 39.1 Å². The largest absolute Gasteiger partial charge is 0.493 e. The SMILES string of the molecule is CCCCN(C(=O)CN1CC(c2ccc3c(c2)CCO3)C(C(=O)O)C1CCc1nccn1C)c1cccc(CN)c1. The molecule has 2 aliphatic heterocycles. The fourth-order valence-corrected chi connectivity index (χ4v) is 6.37. The smallest absolute Gasteiger partial charge is 0.308 e. The lowest BCUT2D eigenvalue weighted by molar-refractivity contribution is -0.143. The molecule has 41 heavy (non-hydrogen) atoms. The predicted molar refractivity (Wildman–Crippen MR) is 158 cm³/mol. The number of nitrogens with two attached hydrogens (primary N) is 1. The van der Waals surface area contributed by atoms with E-state index in [1.54, 1.807) is 6.20 Å². The van der Waals surface area contributed by atoms with E-state index in [1.807, 2.05) is 59.1 Å². The second-order valence-corrected chi connectivity index (χ2v) is 11.2. The number of imidazole rings is 1. The minimum Gasteiger partial charge on any atom is -0.493 e. The van der Waals surface area contributed by atoms with Crippen molar-refractivity contribution in [3.8, 4) is 5.75 Å². The van der Waals surface area contributed by atoms with E-state index in [0.717, 1.165) is 53.2 Å². The van der Waals surface area contributed by atoms with Crippen LogP contribution in [0.15, 0.2) is 54.9 Å². The van der Waals surface area contributed by atoms with Crippen LogP contribution in [-0.4, -0.2) is 63.7 Å². The molecular formula is C32H41N5O4. The molecule has 5 rings (SSSR count). The average Bonchev–Trinajstić information content (AvgIpc) is 3.70. The van der Waals surface area contributed by atoms with Gasteiger partial charge in [0, 0.05) is 69.6 Å². The number of carboxylic acids is 1. The third kappa shape index (κ3) is 6.31. The minimum atomic E-state index is -0.829. The molecule has 3 unspecified atom stereocenters. The fourth-order valence-electron chi connectivity index (χ4n) is 6.37. The summed E-state index contributed by atoms with van der Waals surface area (Å²) in [5, 5.41) is 10.6. The molecule has 1 saturated heterocycles. The molecule has 9 nitrogen and oxygen atoms in total. The van der Waals surface area contributed by atoms with E-state index >= 15 is 0 Å². The summed E-state index contributed by atoms with van der Waals surface area (Å²) in [4.78, 5) is 35.3. The number of carbonyl (C=O) groups is 2. The van der Waals surface area contributed by atoms with Crippen molar-refractivity contribution >= 4 is 17.6 Å². The van der Waals surface area contributed by atoms with Crippen molar-refractivity contribution in [1.82, 2.24) is 14.5 Å². The Balaban J connectivity index is 1.44. The number of fused-ring (bicyclic) bond motifs is 1. The number of ether oxygens (including phenoxy) is 1. The molecule has 3 heterocycles. The summed E-state index contributed by atoms with van der Waals surface area (Å²) in [6.07, 6.45) is 7.54. The van der Waals surface area contributed by atoms with Crippen molar-refractivity contribution in [3.63, 3.8) is 0 Å². The predicted octanol–water partition coefficient (Wildman–Crippen LogP) is 3.75. The zero-order valence-electron chi connectivity index (χ0n) is 24.0. The summed E-state index contributed by atoms with van der Waals surface area (Å²) in [5.74, 6) is 0.0482. The molecule has 2 aromatic carbocycles. The first-order valence-corrected chi connectivity index (χ1v) is 14.7. The Hall–Kier alpha value is -3.69. The molecule has 1 amide bonds. The van der Waals surface area contributed by atoms with Gasteiger partial charge in [-0.15, -0.1) is 0 Å². The molecule has 0 aliphatic carbocycles. The highest BCUT2D eigenvalue weighted by Gasteiger charge is 2.47. The van der Waals surface area contributed by atoms with Gasteiger partial charge in [-0.25, -0.2) is 4.98 Å². The van der Waals surface area contributed by atoms with Gasteiger partial charge in [-0.3, -0.25) is 14.5 Å². The normalized spacial score (nSPS) is 20.1.